The quantitative estimate of drug-likeness (QED) is 0.654. The number of carbonyl (C=O) groups is 3. The Labute approximate surface area is 190 Å². The molecule has 0 spiro atoms. The Morgan fingerprint density at radius 2 is 1.84 bits per heavy atom. The number of rotatable bonds is 3. The Morgan fingerprint density at radius 3 is 2.50 bits per heavy atom. The van der Waals surface area contributed by atoms with E-state index in [9.17, 15) is 14.4 Å². The molecule has 0 bridgehead atoms. The average Bonchev–Trinajstić information content (AvgIpc) is 3.37. The second-order valence-corrected chi connectivity index (χ2v) is 9.59. The molecule has 1 aromatic carbocycles. The van der Waals surface area contributed by atoms with Gasteiger partial charge in [0, 0.05) is 30.6 Å². The molecule has 2 aliphatic rings. The molecule has 0 unspecified atom stereocenters. The maximum absolute atomic E-state index is 13.0. The molecule has 3 heterocycles. The van der Waals surface area contributed by atoms with Crippen LogP contribution in [0.15, 0.2) is 29.6 Å². The molecule has 0 saturated carbocycles. The summed E-state index contributed by atoms with van der Waals surface area (Å²) in [5, 5.41) is 2.50. The number of ether oxygens (including phenoxy) is 2. The summed E-state index contributed by atoms with van der Waals surface area (Å²) in [6.45, 7) is 7.32. The maximum atomic E-state index is 13.0. The van der Waals surface area contributed by atoms with E-state index < -0.39 is 11.6 Å². The zero-order valence-electron chi connectivity index (χ0n) is 18.5. The first-order valence-corrected chi connectivity index (χ1v) is 11.2. The lowest BCUT2D eigenvalue weighted by molar-refractivity contribution is 0.0128. The molecule has 3 amide bonds. The molecule has 4 rings (SSSR count). The minimum absolute atomic E-state index is 0.0965. The van der Waals surface area contributed by atoms with Gasteiger partial charge in [0.05, 0.1) is 31.0 Å². The number of anilines is 1. The third-order valence-electron chi connectivity index (χ3n) is 5.33. The summed E-state index contributed by atoms with van der Waals surface area (Å²) in [6.07, 6.45) is -0.352. The number of urea groups is 1. The van der Waals surface area contributed by atoms with Gasteiger partial charge in [0.2, 0.25) is 0 Å². The van der Waals surface area contributed by atoms with Crippen LogP contribution in [0.4, 0.5) is 14.7 Å². The van der Waals surface area contributed by atoms with Gasteiger partial charge in [-0.15, -0.1) is 11.3 Å². The number of aromatic nitrogens is 1. The molecule has 0 radical (unpaired) electrons. The molecule has 9 nitrogen and oxygen atoms in total. The van der Waals surface area contributed by atoms with Gasteiger partial charge in [0.1, 0.15) is 5.60 Å². The number of methoxy groups -OCH3 is 1. The SMILES string of the molecule is COC(=O)c1ccc(-c2csc(N3C[C@@H]4CN(C(=O)OC(C)(C)C)CCN4C3=O)n2)cc1. The number of carbonyl (C=O) groups excluding carboxylic acids is 3. The topological polar surface area (TPSA) is 92.3 Å². The lowest BCUT2D eigenvalue weighted by Crippen LogP contribution is -2.54. The van der Waals surface area contributed by atoms with Gasteiger partial charge in [0.25, 0.3) is 0 Å². The normalized spacial score (nSPS) is 18.6. The van der Waals surface area contributed by atoms with Crippen molar-refractivity contribution in [2.75, 3.05) is 38.2 Å². The highest BCUT2D eigenvalue weighted by Gasteiger charge is 2.43. The van der Waals surface area contributed by atoms with Crippen molar-refractivity contribution in [3.63, 3.8) is 0 Å². The Hall–Kier alpha value is -3.14. The number of piperazine rings is 1. The molecular formula is C22H26N4O5S. The summed E-state index contributed by atoms with van der Waals surface area (Å²) in [5.74, 6) is -0.393. The predicted molar refractivity (Wildman–Crippen MR) is 120 cm³/mol. The number of fused-ring (bicyclic) bond motifs is 1. The van der Waals surface area contributed by atoms with Crippen LogP contribution < -0.4 is 4.90 Å². The van der Waals surface area contributed by atoms with Crippen molar-refractivity contribution in [3.05, 3.63) is 35.2 Å². The molecule has 2 fully saturated rings. The second-order valence-electron chi connectivity index (χ2n) is 8.75. The minimum Gasteiger partial charge on any atom is -0.465 e. The van der Waals surface area contributed by atoms with Gasteiger partial charge in [-0.25, -0.2) is 19.4 Å². The van der Waals surface area contributed by atoms with E-state index in [4.69, 9.17) is 9.47 Å². The van der Waals surface area contributed by atoms with Gasteiger partial charge in [-0.05, 0) is 32.9 Å². The van der Waals surface area contributed by atoms with E-state index in [1.165, 1.54) is 18.4 Å². The number of amides is 3. The van der Waals surface area contributed by atoms with Gasteiger partial charge in [-0.1, -0.05) is 12.1 Å². The molecule has 2 saturated heterocycles. The fraction of sp³-hybridized carbons (Fsp3) is 0.455. The molecule has 32 heavy (non-hydrogen) atoms. The predicted octanol–water partition coefficient (Wildman–Crippen LogP) is 3.46. The van der Waals surface area contributed by atoms with Crippen LogP contribution in [0.25, 0.3) is 11.3 Å². The zero-order chi connectivity index (χ0) is 23.0. The van der Waals surface area contributed by atoms with Crippen LogP contribution in [-0.2, 0) is 9.47 Å². The minimum atomic E-state index is -0.557. The fourth-order valence-corrected chi connectivity index (χ4v) is 4.61. The summed E-state index contributed by atoms with van der Waals surface area (Å²) in [7, 11) is 1.34. The van der Waals surface area contributed by atoms with Gasteiger partial charge < -0.3 is 19.3 Å². The number of thiazole rings is 1. The number of esters is 1. The van der Waals surface area contributed by atoms with E-state index in [1.54, 1.807) is 39.0 Å². The summed E-state index contributed by atoms with van der Waals surface area (Å²) >= 11 is 1.39. The van der Waals surface area contributed by atoms with E-state index in [0.717, 1.165) is 11.3 Å². The highest BCUT2D eigenvalue weighted by molar-refractivity contribution is 7.14. The Bertz CT molecular complexity index is 1030. The van der Waals surface area contributed by atoms with Crippen LogP contribution >= 0.6 is 11.3 Å². The van der Waals surface area contributed by atoms with Crippen LogP contribution in [0.3, 0.4) is 0 Å². The maximum Gasteiger partial charge on any atom is 0.410 e. The van der Waals surface area contributed by atoms with Crippen molar-refractivity contribution in [1.29, 1.82) is 0 Å². The summed E-state index contributed by atoms with van der Waals surface area (Å²) < 4.78 is 10.2. The molecular weight excluding hydrogens is 432 g/mol. The van der Waals surface area contributed by atoms with Crippen molar-refractivity contribution < 1.29 is 23.9 Å². The van der Waals surface area contributed by atoms with Gasteiger partial charge in [0.15, 0.2) is 5.13 Å². The largest absolute Gasteiger partial charge is 0.465 e. The standard InChI is InChI=1S/C22H26N4O5S/c1-22(2,3)31-21(29)24-9-10-25-16(11-24)12-26(20(25)28)19-23-17(13-32-19)14-5-7-15(8-6-14)18(27)30-4/h5-8,13,16H,9-12H2,1-4H3/t16-/m0/s1. The molecule has 0 aliphatic carbocycles. The smallest absolute Gasteiger partial charge is 0.410 e. The third-order valence-corrected chi connectivity index (χ3v) is 6.19. The van der Waals surface area contributed by atoms with E-state index in [0.29, 0.717) is 36.9 Å². The van der Waals surface area contributed by atoms with E-state index in [1.807, 2.05) is 26.2 Å². The molecule has 10 heteroatoms. The van der Waals surface area contributed by atoms with Crippen molar-refractivity contribution >= 4 is 34.6 Å². The number of hydrogen-bond donors (Lipinski definition) is 0. The Morgan fingerprint density at radius 1 is 1.12 bits per heavy atom. The zero-order valence-corrected chi connectivity index (χ0v) is 19.3. The van der Waals surface area contributed by atoms with Crippen molar-refractivity contribution in [3.8, 4) is 11.3 Å². The highest BCUT2D eigenvalue weighted by Crippen LogP contribution is 2.32. The van der Waals surface area contributed by atoms with Gasteiger partial charge >= 0.3 is 18.1 Å². The Kier molecular flexibility index (Phi) is 5.81. The first kappa shape index (κ1) is 22.1. The van der Waals surface area contributed by atoms with E-state index in [2.05, 4.69) is 4.98 Å². The number of benzene rings is 1. The van der Waals surface area contributed by atoms with Crippen molar-refractivity contribution in [2.24, 2.45) is 0 Å². The van der Waals surface area contributed by atoms with Crippen LogP contribution in [0.2, 0.25) is 0 Å². The summed E-state index contributed by atoms with van der Waals surface area (Å²) in [6, 6.07) is 6.79. The first-order chi connectivity index (χ1) is 15.2. The second kappa shape index (κ2) is 8.42. The Balaban J connectivity index is 1.45. The van der Waals surface area contributed by atoms with Crippen LogP contribution in [0.1, 0.15) is 31.1 Å². The highest BCUT2D eigenvalue weighted by atomic mass is 32.1. The molecule has 0 N–H and O–H groups in total. The number of hydrogen-bond acceptors (Lipinski definition) is 7. The van der Waals surface area contributed by atoms with E-state index >= 15 is 0 Å². The molecule has 2 aromatic rings. The van der Waals surface area contributed by atoms with Gasteiger partial charge in [-0.2, -0.15) is 0 Å². The monoisotopic (exact) mass is 458 g/mol. The molecule has 1 aromatic heterocycles. The van der Waals surface area contributed by atoms with Crippen molar-refractivity contribution in [2.45, 2.75) is 32.4 Å². The summed E-state index contributed by atoms with van der Waals surface area (Å²) in [4.78, 5) is 46.8. The first-order valence-electron chi connectivity index (χ1n) is 10.4. The summed E-state index contributed by atoms with van der Waals surface area (Å²) in [5.41, 5.74) is 1.49. The third kappa shape index (κ3) is 4.40. The van der Waals surface area contributed by atoms with E-state index in [-0.39, 0.29) is 18.2 Å². The van der Waals surface area contributed by atoms with Crippen LogP contribution in [-0.4, -0.2) is 77.8 Å². The fourth-order valence-electron chi connectivity index (χ4n) is 3.78. The number of nitrogens with zero attached hydrogens (tertiary/aromatic N) is 4. The van der Waals surface area contributed by atoms with Crippen LogP contribution in [0.5, 0.6) is 0 Å². The average molecular weight is 459 g/mol. The van der Waals surface area contributed by atoms with Gasteiger partial charge in [-0.3, -0.25) is 4.90 Å². The lowest BCUT2D eigenvalue weighted by Gasteiger charge is -2.36. The van der Waals surface area contributed by atoms with Crippen LogP contribution in [0, 0.1) is 0 Å². The molecule has 1 atom stereocenters. The molecule has 2 aliphatic heterocycles. The lowest BCUT2D eigenvalue weighted by atomic mass is 10.1. The molecule has 170 valence electrons. The van der Waals surface area contributed by atoms with Crippen molar-refractivity contribution in [1.82, 2.24) is 14.8 Å².